The zero-order chi connectivity index (χ0) is 21.8. The van der Waals surface area contributed by atoms with Crippen LogP contribution in [0.1, 0.15) is 23.1 Å². The Bertz CT molecular complexity index is 1440. The lowest BCUT2D eigenvalue weighted by Gasteiger charge is -2.32. The molecule has 160 valence electrons. The van der Waals surface area contributed by atoms with Gasteiger partial charge in [-0.25, -0.2) is 18.3 Å². The summed E-state index contributed by atoms with van der Waals surface area (Å²) in [6.45, 7) is 0.503. The van der Waals surface area contributed by atoms with E-state index in [0.29, 0.717) is 23.7 Å². The number of rotatable bonds is 3. The van der Waals surface area contributed by atoms with Gasteiger partial charge >= 0.3 is 6.01 Å². The van der Waals surface area contributed by atoms with Crippen molar-refractivity contribution in [2.24, 2.45) is 0 Å². The van der Waals surface area contributed by atoms with Crippen LogP contribution >= 0.6 is 11.6 Å². The molecule has 1 N–H and O–H groups in total. The number of benzene rings is 1. The van der Waals surface area contributed by atoms with Crippen LogP contribution in [0, 0.1) is 11.6 Å². The number of aromatic amines is 1. The van der Waals surface area contributed by atoms with Crippen LogP contribution < -0.4 is 4.90 Å². The van der Waals surface area contributed by atoms with Gasteiger partial charge in [-0.1, -0.05) is 22.8 Å². The van der Waals surface area contributed by atoms with Gasteiger partial charge in [-0.15, -0.1) is 5.10 Å². The molecule has 0 bridgehead atoms. The molecular formula is C21H14ClF2N7O. The molecule has 1 aromatic carbocycles. The van der Waals surface area contributed by atoms with Crippen molar-refractivity contribution >= 4 is 23.1 Å². The third-order valence-electron chi connectivity index (χ3n) is 5.51. The van der Waals surface area contributed by atoms with Gasteiger partial charge < -0.3 is 14.3 Å². The average molecular weight is 454 g/mol. The molecule has 0 aliphatic carbocycles. The van der Waals surface area contributed by atoms with Crippen molar-refractivity contribution < 1.29 is 13.2 Å². The molecule has 32 heavy (non-hydrogen) atoms. The van der Waals surface area contributed by atoms with Crippen LogP contribution in [0.15, 0.2) is 53.3 Å². The Hall–Kier alpha value is -3.79. The number of pyridine rings is 1. The molecule has 0 amide bonds. The Labute approximate surface area is 184 Å². The first-order chi connectivity index (χ1) is 15.6. The van der Waals surface area contributed by atoms with E-state index in [1.54, 1.807) is 29.2 Å². The molecule has 5 aromatic rings. The first-order valence-electron chi connectivity index (χ1n) is 9.80. The number of anilines is 1. The SMILES string of the molecule is Fc1cccc(F)c1-c1nnc(N2CCc3[nH]cnc3[C@H]2c2cc3c(Cl)cccn3n2)o1. The van der Waals surface area contributed by atoms with Gasteiger partial charge in [0, 0.05) is 24.9 Å². The van der Waals surface area contributed by atoms with Gasteiger partial charge in [-0.3, -0.25) is 0 Å². The zero-order valence-electron chi connectivity index (χ0n) is 16.3. The molecule has 8 nitrogen and oxygen atoms in total. The molecule has 0 unspecified atom stereocenters. The lowest BCUT2D eigenvalue weighted by atomic mass is 10.0. The van der Waals surface area contributed by atoms with Gasteiger partial charge in [0.15, 0.2) is 0 Å². The van der Waals surface area contributed by atoms with Crippen LogP contribution in [-0.2, 0) is 6.42 Å². The number of hydrogen-bond acceptors (Lipinski definition) is 6. The van der Waals surface area contributed by atoms with E-state index < -0.39 is 17.7 Å². The lowest BCUT2D eigenvalue weighted by molar-refractivity contribution is 0.496. The minimum absolute atomic E-state index is 0.115. The van der Waals surface area contributed by atoms with Gasteiger partial charge in [-0.05, 0) is 30.3 Å². The second-order valence-electron chi connectivity index (χ2n) is 7.35. The van der Waals surface area contributed by atoms with Gasteiger partial charge in [0.05, 0.1) is 28.3 Å². The third kappa shape index (κ3) is 2.87. The molecule has 1 aliphatic heterocycles. The fourth-order valence-electron chi connectivity index (χ4n) is 4.05. The van der Waals surface area contributed by atoms with Crippen molar-refractivity contribution in [3.05, 3.63) is 82.7 Å². The van der Waals surface area contributed by atoms with Crippen molar-refractivity contribution in [3.8, 4) is 11.5 Å². The number of fused-ring (bicyclic) bond motifs is 2. The number of aromatic nitrogens is 6. The Morgan fingerprint density at radius 2 is 1.97 bits per heavy atom. The fraction of sp³-hybridized carbons (Fsp3) is 0.143. The van der Waals surface area contributed by atoms with Crippen LogP contribution in [-0.4, -0.2) is 36.3 Å². The minimum atomic E-state index is -0.778. The van der Waals surface area contributed by atoms with E-state index in [-0.39, 0.29) is 17.5 Å². The topological polar surface area (TPSA) is 88.1 Å². The molecule has 5 heterocycles. The Balaban J connectivity index is 1.47. The van der Waals surface area contributed by atoms with Crippen molar-refractivity contribution in [2.45, 2.75) is 12.5 Å². The zero-order valence-corrected chi connectivity index (χ0v) is 17.1. The maximum Gasteiger partial charge on any atom is 0.319 e. The molecular weight excluding hydrogens is 440 g/mol. The highest BCUT2D eigenvalue weighted by molar-refractivity contribution is 6.33. The largest absolute Gasteiger partial charge is 0.403 e. The van der Waals surface area contributed by atoms with E-state index in [0.717, 1.165) is 29.0 Å². The highest BCUT2D eigenvalue weighted by atomic mass is 35.5. The summed E-state index contributed by atoms with van der Waals surface area (Å²) in [6.07, 6.45) is 4.07. The van der Waals surface area contributed by atoms with E-state index >= 15 is 0 Å². The van der Waals surface area contributed by atoms with Gasteiger partial charge in [0.1, 0.15) is 23.2 Å². The Morgan fingerprint density at radius 3 is 2.78 bits per heavy atom. The van der Waals surface area contributed by atoms with E-state index in [1.807, 2.05) is 11.0 Å². The number of hydrogen-bond donors (Lipinski definition) is 1. The fourth-order valence-corrected chi connectivity index (χ4v) is 4.26. The first kappa shape index (κ1) is 18.9. The molecule has 4 aromatic heterocycles. The van der Waals surface area contributed by atoms with Gasteiger partial charge in [0.2, 0.25) is 0 Å². The standard InChI is InChI=1S/C21H14ClF2N7O/c22-11-3-2-7-31-16(11)9-15(29-31)19-18-14(25-10-26-18)6-8-30(19)21-28-27-20(32-21)17-12(23)4-1-5-13(17)24/h1-5,7,9-10,19H,6,8H2,(H,25,26)/t19-/m1/s1. The summed E-state index contributed by atoms with van der Waals surface area (Å²) in [5, 5.41) is 13.2. The number of H-pyrrole nitrogens is 1. The van der Waals surface area contributed by atoms with Crippen LogP contribution in [0.3, 0.4) is 0 Å². The Morgan fingerprint density at radius 1 is 1.12 bits per heavy atom. The maximum absolute atomic E-state index is 14.2. The summed E-state index contributed by atoms with van der Waals surface area (Å²) in [5.74, 6) is -1.79. The predicted octanol–water partition coefficient (Wildman–Crippen LogP) is 4.19. The predicted molar refractivity (Wildman–Crippen MR) is 111 cm³/mol. The molecule has 0 radical (unpaired) electrons. The number of nitrogens with zero attached hydrogens (tertiary/aromatic N) is 6. The molecule has 0 saturated heterocycles. The van der Waals surface area contributed by atoms with E-state index in [4.69, 9.17) is 16.0 Å². The summed E-state index contributed by atoms with van der Waals surface area (Å²) in [6, 6.07) is 8.68. The molecule has 0 spiro atoms. The van der Waals surface area contributed by atoms with Crippen LogP contribution in [0.25, 0.3) is 17.0 Å². The van der Waals surface area contributed by atoms with Gasteiger partial charge in [-0.2, -0.15) is 5.10 Å². The highest BCUT2D eigenvalue weighted by Crippen LogP contribution is 2.38. The van der Waals surface area contributed by atoms with Crippen molar-refractivity contribution in [3.63, 3.8) is 0 Å². The minimum Gasteiger partial charge on any atom is -0.403 e. The van der Waals surface area contributed by atoms with Gasteiger partial charge in [0.25, 0.3) is 5.89 Å². The molecule has 11 heteroatoms. The van der Waals surface area contributed by atoms with Crippen LogP contribution in [0.2, 0.25) is 5.02 Å². The first-order valence-corrected chi connectivity index (χ1v) is 10.2. The lowest BCUT2D eigenvalue weighted by Crippen LogP contribution is -2.36. The molecule has 0 saturated carbocycles. The summed E-state index contributed by atoms with van der Waals surface area (Å²) in [5.41, 5.74) is 2.77. The second kappa shape index (κ2) is 7.13. The highest BCUT2D eigenvalue weighted by Gasteiger charge is 2.36. The smallest absolute Gasteiger partial charge is 0.319 e. The summed E-state index contributed by atoms with van der Waals surface area (Å²) >= 11 is 6.33. The summed E-state index contributed by atoms with van der Waals surface area (Å²) in [7, 11) is 0. The Kier molecular flexibility index (Phi) is 4.22. The average Bonchev–Trinajstić information content (AvgIpc) is 3.52. The second-order valence-corrected chi connectivity index (χ2v) is 7.76. The maximum atomic E-state index is 14.2. The quantitative estimate of drug-likeness (QED) is 0.440. The third-order valence-corrected chi connectivity index (χ3v) is 5.83. The van der Waals surface area contributed by atoms with Crippen molar-refractivity contribution in [2.75, 3.05) is 11.4 Å². The summed E-state index contributed by atoms with van der Waals surface area (Å²) in [4.78, 5) is 9.47. The van der Waals surface area contributed by atoms with Crippen molar-refractivity contribution in [1.82, 2.24) is 29.8 Å². The van der Waals surface area contributed by atoms with E-state index in [9.17, 15) is 8.78 Å². The van der Waals surface area contributed by atoms with Crippen molar-refractivity contribution in [1.29, 1.82) is 0 Å². The normalized spacial score (nSPS) is 16.0. The van der Waals surface area contributed by atoms with Crippen LogP contribution in [0.4, 0.5) is 14.8 Å². The number of imidazole rings is 1. The molecule has 0 fully saturated rings. The molecule has 1 aliphatic rings. The summed E-state index contributed by atoms with van der Waals surface area (Å²) < 4.78 is 35.9. The monoisotopic (exact) mass is 453 g/mol. The number of nitrogens with one attached hydrogen (secondary N) is 1. The van der Waals surface area contributed by atoms with Crippen LogP contribution in [0.5, 0.6) is 0 Å². The molecule has 6 rings (SSSR count). The van der Waals surface area contributed by atoms with E-state index in [1.165, 1.54) is 6.07 Å². The van der Waals surface area contributed by atoms with E-state index in [2.05, 4.69) is 25.3 Å². The number of halogens is 3. The molecule has 1 atom stereocenters.